The molecule has 0 N–H and O–H groups in total. The van der Waals surface area contributed by atoms with E-state index in [2.05, 4.69) is 12.6 Å². The SMILES string of the molecule is O=[C]CC(CS)c1ccccc1. The molecule has 0 aliphatic heterocycles. The van der Waals surface area contributed by atoms with Crippen LogP contribution in [0.4, 0.5) is 0 Å². The summed E-state index contributed by atoms with van der Waals surface area (Å²) >= 11 is 4.18. The molecule has 0 bridgehead atoms. The highest BCUT2D eigenvalue weighted by Gasteiger charge is 2.07. The van der Waals surface area contributed by atoms with Crippen LogP contribution in [0.5, 0.6) is 0 Å². The Morgan fingerprint density at radius 1 is 1.33 bits per heavy atom. The van der Waals surface area contributed by atoms with Crippen LogP contribution in [0.25, 0.3) is 0 Å². The van der Waals surface area contributed by atoms with Crippen LogP contribution in [0.1, 0.15) is 17.9 Å². The normalized spacial score (nSPS) is 12.4. The third-order valence-electron chi connectivity index (χ3n) is 1.82. The van der Waals surface area contributed by atoms with Gasteiger partial charge in [-0.05, 0) is 11.3 Å². The quantitative estimate of drug-likeness (QED) is 0.701. The van der Waals surface area contributed by atoms with Crippen molar-refractivity contribution in [2.45, 2.75) is 12.3 Å². The van der Waals surface area contributed by atoms with Crippen LogP contribution < -0.4 is 0 Å². The molecule has 1 aromatic carbocycles. The first kappa shape index (κ1) is 9.33. The minimum atomic E-state index is 0.215. The molecular formula is C10H11OS. The average Bonchev–Trinajstić information content (AvgIpc) is 2.15. The standard InChI is InChI=1S/C10H11OS/c11-7-6-10(8-12)9-4-2-1-3-5-9/h1-5,10,12H,6,8H2. The third-order valence-corrected chi connectivity index (χ3v) is 2.26. The highest BCUT2D eigenvalue weighted by Crippen LogP contribution is 2.19. The van der Waals surface area contributed by atoms with Crippen LogP contribution in [0.2, 0.25) is 0 Å². The molecule has 1 nitrogen and oxygen atoms in total. The summed E-state index contributed by atoms with van der Waals surface area (Å²) in [6, 6.07) is 9.92. The molecule has 0 amide bonds. The molecule has 1 unspecified atom stereocenters. The molecule has 1 atom stereocenters. The largest absolute Gasteiger partial charge is 0.291 e. The summed E-state index contributed by atoms with van der Waals surface area (Å²) in [4.78, 5) is 10.2. The van der Waals surface area contributed by atoms with E-state index in [1.807, 2.05) is 36.6 Å². The summed E-state index contributed by atoms with van der Waals surface area (Å²) in [6.45, 7) is 0. The molecule has 63 valence electrons. The monoisotopic (exact) mass is 179 g/mol. The second-order valence-electron chi connectivity index (χ2n) is 2.64. The highest BCUT2D eigenvalue weighted by molar-refractivity contribution is 7.80. The molecule has 0 heterocycles. The van der Waals surface area contributed by atoms with Crippen molar-refractivity contribution in [3.05, 3.63) is 35.9 Å². The average molecular weight is 179 g/mol. The van der Waals surface area contributed by atoms with E-state index in [1.165, 1.54) is 0 Å². The Balaban J connectivity index is 2.72. The molecule has 0 spiro atoms. The molecule has 2 heteroatoms. The van der Waals surface area contributed by atoms with E-state index in [0.29, 0.717) is 12.2 Å². The van der Waals surface area contributed by atoms with Crippen LogP contribution in [0.15, 0.2) is 30.3 Å². The second-order valence-corrected chi connectivity index (χ2v) is 3.00. The van der Waals surface area contributed by atoms with Crippen LogP contribution >= 0.6 is 12.6 Å². The molecule has 0 aliphatic carbocycles. The van der Waals surface area contributed by atoms with Crippen molar-refractivity contribution in [1.29, 1.82) is 0 Å². The van der Waals surface area contributed by atoms with E-state index in [0.717, 1.165) is 5.56 Å². The zero-order chi connectivity index (χ0) is 8.81. The number of hydrogen-bond donors (Lipinski definition) is 1. The maximum atomic E-state index is 10.2. The minimum Gasteiger partial charge on any atom is -0.291 e. The Kier molecular flexibility index (Phi) is 3.88. The van der Waals surface area contributed by atoms with Gasteiger partial charge in [0.25, 0.3) is 0 Å². The van der Waals surface area contributed by atoms with Crippen LogP contribution in [0.3, 0.4) is 0 Å². The first-order chi connectivity index (χ1) is 5.88. The maximum absolute atomic E-state index is 10.2. The van der Waals surface area contributed by atoms with Gasteiger partial charge in [0.15, 0.2) is 6.29 Å². The van der Waals surface area contributed by atoms with E-state index >= 15 is 0 Å². The van der Waals surface area contributed by atoms with Gasteiger partial charge < -0.3 is 0 Å². The summed E-state index contributed by atoms with van der Waals surface area (Å²) < 4.78 is 0. The third kappa shape index (κ3) is 2.38. The molecule has 0 fully saturated rings. The van der Waals surface area contributed by atoms with Gasteiger partial charge in [0.1, 0.15) is 0 Å². The molecule has 1 rings (SSSR count). The van der Waals surface area contributed by atoms with Gasteiger partial charge in [-0.15, -0.1) is 0 Å². The van der Waals surface area contributed by atoms with Crippen molar-refractivity contribution in [2.24, 2.45) is 0 Å². The highest BCUT2D eigenvalue weighted by atomic mass is 32.1. The Morgan fingerprint density at radius 3 is 2.50 bits per heavy atom. The van der Waals surface area contributed by atoms with Gasteiger partial charge in [-0.1, -0.05) is 30.3 Å². The maximum Gasteiger partial charge on any atom is 0.199 e. The minimum absolute atomic E-state index is 0.215. The van der Waals surface area contributed by atoms with Gasteiger partial charge in [0.2, 0.25) is 0 Å². The Labute approximate surface area is 78.2 Å². The summed E-state index contributed by atoms with van der Waals surface area (Å²) in [5, 5.41) is 0. The van der Waals surface area contributed by atoms with Crippen molar-refractivity contribution in [2.75, 3.05) is 5.75 Å². The van der Waals surface area contributed by atoms with Gasteiger partial charge in [-0.25, -0.2) is 0 Å². The van der Waals surface area contributed by atoms with Crippen LogP contribution in [-0.2, 0) is 4.79 Å². The summed E-state index contributed by atoms with van der Waals surface area (Å²) in [6.07, 6.45) is 2.36. The zero-order valence-electron chi connectivity index (χ0n) is 6.73. The molecule has 0 aliphatic rings. The second kappa shape index (κ2) is 4.99. The van der Waals surface area contributed by atoms with Gasteiger partial charge in [0.05, 0.1) is 0 Å². The topological polar surface area (TPSA) is 17.1 Å². The number of hydrogen-bond acceptors (Lipinski definition) is 2. The van der Waals surface area contributed by atoms with Gasteiger partial charge >= 0.3 is 0 Å². The number of rotatable bonds is 4. The first-order valence-corrected chi connectivity index (χ1v) is 4.52. The van der Waals surface area contributed by atoms with Crippen molar-refractivity contribution in [3.63, 3.8) is 0 Å². The summed E-state index contributed by atoms with van der Waals surface area (Å²) in [5.41, 5.74) is 1.16. The number of carbonyl (C=O) groups excluding carboxylic acids is 1. The van der Waals surface area contributed by atoms with Crippen LogP contribution in [-0.4, -0.2) is 12.0 Å². The number of thiol groups is 1. The smallest absolute Gasteiger partial charge is 0.199 e. The van der Waals surface area contributed by atoms with Gasteiger partial charge in [-0.2, -0.15) is 12.6 Å². The van der Waals surface area contributed by atoms with E-state index in [4.69, 9.17) is 0 Å². The lowest BCUT2D eigenvalue weighted by atomic mass is 9.99. The Hall–Kier alpha value is -0.760. The van der Waals surface area contributed by atoms with E-state index in [1.54, 1.807) is 0 Å². The summed E-state index contributed by atoms with van der Waals surface area (Å²) in [5.74, 6) is 0.909. The van der Waals surface area contributed by atoms with E-state index in [9.17, 15) is 4.79 Å². The predicted octanol–water partition coefficient (Wildman–Crippen LogP) is 2.20. The molecule has 12 heavy (non-hydrogen) atoms. The van der Waals surface area contributed by atoms with Crippen molar-refractivity contribution in [3.8, 4) is 0 Å². The molecule has 0 saturated heterocycles. The molecule has 0 aromatic heterocycles. The first-order valence-electron chi connectivity index (χ1n) is 3.89. The lowest BCUT2D eigenvalue weighted by Gasteiger charge is -2.09. The fourth-order valence-corrected chi connectivity index (χ4v) is 1.45. The van der Waals surface area contributed by atoms with Crippen molar-refractivity contribution < 1.29 is 4.79 Å². The fraction of sp³-hybridized carbons (Fsp3) is 0.300. The lowest BCUT2D eigenvalue weighted by Crippen LogP contribution is -2.00. The van der Waals surface area contributed by atoms with Gasteiger partial charge in [-0.3, -0.25) is 4.79 Å². The van der Waals surface area contributed by atoms with E-state index in [-0.39, 0.29) is 5.92 Å². The van der Waals surface area contributed by atoms with Crippen molar-refractivity contribution in [1.82, 2.24) is 0 Å². The molecule has 1 radical (unpaired) electrons. The Bertz CT molecular complexity index is 233. The molecule has 1 aromatic rings. The van der Waals surface area contributed by atoms with Crippen LogP contribution in [0, 0.1) is 0 Å². The number of benzene rings is 1. The molecule has 0 saturated carbocycles. The molecular weight excluding hydrogens is 168 g/mol. The van der Waals surface area contributed by atoms with E-state index < -0.39 is 0 Å². The zero-order valence-corrected chi connectivity index (χ0v) is 7.63. The van der Waals surface area contributed by atoms with Gasteiger partial charge in [0, 0.05) is 12.3 Å². The Morgan fingerprint density at radius 2 is 2.00 bits per heavy atom. The van der Waals surface area contributed by atoms with Crippen molar-refractivity contribution >= 4 is 18.9 Å². The predicted molar refractivity (Wildman–Crippen MR) is 53.3 cm³/mol. The lowest BCUT2D eigenvalue weighted by molar-refractivity contribution is 0.545. The fourth-order valence-electron chi connectivity index (χ4n) is 1.11. The summed E-state index contributed by atoms with van der Waals surface area (Å²) in [7, 11) is 0.